The summed E-state index contributed by atoms with van der Waals surface area (Å²) in [5.41, 5.74) is 4.03. The van der Waals surface area contributed by atoms with Crippen LogP contribution >= 0.6 is 0 Å². The van der Waals surface area contributed by atoms with Gasteiger partial charge in [-0.1, -0.05) is 42.5 Å². The molecular formula is C33H33N5O4. The number of anilines is 1. The zero-order valence-corrected chi connectivity index (χ0v) is 23.5. The maximum Gasteiger partial charge on any atom is 0.280 e. The van der Waals surface area contributed by atoms with Crippen molar-refractivity contribution in [1.82, 2.24) is 19.2 Å². The molecule has 9 heteroatoms. The first-order valence-corrected chi connectivity index (χ1v) is 14.2. The van der Waals surface area contributed by atoms with Crippen LogP contribution in [-0.2, 0) is 24.5 Å². The van der Waals surface area contributed by atoms with Crippen LogP contribution in [0.5, 0.6) is 5.75 Å². The van der Waals surface area contributed by atoms with Crippen LogP contribution in [0.4, 0.5) is 5.69 Å². The molecule has 1 amide bonds. The number of aromatic amines is 1. The maximum absolute atomic E-state index is 13.9. The lowest BCUT2D eigenvalue weighted by molar-refractivity contribution is -0.114. The van der Waals surface area contributed by atoms with E-state index in [4.69, 9.17) is 4.74 Å². The van der Waals surface area contributed by atoms with Crippen molar-refractivity contribution in [3.63, 3.8) is 0 Å². The fourth-order valence-electron chi connectivity index (χ4n) is 5.54. The SMILES string of the molecule is CC(=O)Nc1cccc(Cn2c(CN3CCCC3)c3c(=O)n(-c4ccc(OCc5ccccc5)cc4)[nH]c3cc2=O)c1. The number of ether oxygens (including phenoxy) is 1. The van der Waals surface area contributed by atoms with Gasteiger partial charge in [0.15, 0.2) is 0 Å². The Labute approximate surface area is 243 Å². The summed E-state index contributed by atoms with van der Waals surface area (Å²) >= 11 is 0. The van der Waals surface area contributed by atoms with Gasteiger partial charge < -0.3 is 14.6 Å². The van der Waals surface area contributed by atoms with Crippen molar-refractivity contribution in [3.8, 4) is 11.4 Å². The Morgan fingerprint density at radius 2 is 1.62 bits per heavy atom. The Kier molecular flexibility index (Phi) is 7.74. The van der Waals surface area contributed by atoms with Crippen LogP contribution < -0.4 is 21.2 Å². The Bertz CT molecular complexity index is 1830. The summed E-state index contributed by atoms with van der Waals surface area (Å²) in [5, 5.41) is 6.47. The number of rotatable bonds is 9. The quantitative estimate of drug-likeness (QED) is 0.272. The Morgan fingerprint density at radius 3 is 2.36 bits per heavy atom. The van der Waals surface area contributed by atoms with Gasteiger partial charge in [0.1, 0.15) is 12.4 Å². The average Bonchev–Trinajstić information content (AvgIpc) is 3.62. The monoisotopic (exact) mass is 563 g/mol. The lowest BCUT2D eigenvalue weighted by Gasteiger charge is -2.20. The lowest BCUT2D eigenvalue weighted by atomic mass is 10.1. The van der Waals surface area contributed by atoms with Crippen molar-refractivity contribution in [2.24, 2.45) is 0 Å². The lowest BCUT2D eigenvalue weighted by Crippen LogP contribution is -2.30. The summed E-state index contributed by atoms with van der Waals surface area (Å²) in [4.78, 5) is 41.3. The minimum atomic E-state index is -0.210. The minimum Gasteiger partial charge on any atom is -0.489 e. The summed E-state index contributed by atoms with van der Waals surface area (Å²) in [6, 6.07) is 26.2. The molecule has 0 spiro atoms. The summed E-state index contributed by atoms with van der Waals surface area (Å²) in [5.74, 6) is 0.534. The van der Waals surface area contributed by atoms with Crippen LogP contribution in [0.3, 0.4) is 0 Å². The molecule has 42 heavy (non-hydrogen) atoms. The predicted octanol–water partition coefficient (Wildman–Crippen LogP) is 4.66. The molecule has 0 bridgehead atoms. The number of aromatic nitrogens is 3. The van der Waals surface area contributed by atoms with E-state index < -0.39 is 0 Å². The number of hydrogen-bond donors (Lipinski definition) is 2. The number of nitrogens with zero attached hydrogens (tertiary/aromatic N) is 3. The zero-order valence-electron chi connectivity index (χ0n) is 23.5. The molecule has 214 valence electrons. The first-order chi connectivity index (χ1) is 20.4. The molecule has 0 aliphatic carbocycles. The van der Waals surface area contributed by atoms with Gasteiger partial charge in [-0.15, -0.1) is 0 Å². The topological polar surface area (TPSA) is 101 Å². The van der Waals surface area contributed by atoms with E-state index >= 15 is 0 Å². The van der Waals surface area contributed by atoms with Crippen LogP contribution in [-0.4, -0.2) is 38.2 Å². The molecule has 1 saturated heterocycles. The third kappa shape index (κ3) is 5.91. The molecule has 0 atom stereocenters. The zero-order chi connectivity index (χ0) is 29.1. The highest BCUT2D eigenvalue weighted by atomic mass is 16.5. The number of benzene rings is 3. The van der Waals surface area contributed by atoms with Gasteiger partial charge in [-0.3, -0.25) is 24.4 Å². The highest BCUT2D eigenvalue weighted by molar-refractivity contribution is 5.88. The number of nitrogens with one attached hydrogen (secondary N) is 2. The van der Waals surface area contributed by atoms with Crippen LogP contribution in [0, 0.1) is 0 Å². The molecule has 0 radical (unpaired) electrons. The highest BCUT2D eigenvalue weighted by Gasteiger charge is 2.22. The summed E-state index contributed by atoms with van der Waals surface area (Å²) in [6.45, 7) is 4.53. The number of carbonyl (C=O) groups excluding carboxylic acids is 1. The molecule has 2 N–H and O–H groups in total. The number of fused-ring (bicyclic) bond motifs is 1. The molecule has 3 heterocycles. The maximum atomic E-state index is 13.9. The average molecular weight is 564 g/mol. The normalized spacial score (nSPS) is 13.5. The van der Waals surface area contributed by atoms with Crippen molar-refractivity contribution in [3.05, 3.63) is 122 Å². The Hall–Kier alpha value is -4.89. The van der Waals surface area contributed by atoms with Gasteiger partial charge in [0.05, 0.1) is 28.8 Å². The van der Waals surface area contributed by atoms with Gasteiger partial charge in [0, 0.05) is 25.2 Å². The van der Waals surface area contributed by atoms with E-state index in [2.05, 4.69) is 15.3 Å². The first-order valence-electron chi connectivity index (χ1n) is 14.2. The van der Waals surface area contributed by atoms with Gasteiger partial charge in [0.2, 0.25) is 5.91 Å². The van der Waals surface area contributed by atoms with E-state index in [0.29, 0.717) is 46.9 Å². The second-order valence-corrected chi connectivity index (χ2v) is 10.7. The summed E-state index contributed by atoms with van der Waals surface area (Å²) in [7, 11) is 0. The van der Waals surface area contributed by atoms with E-state index in [-0.39, 0.29) is 23.6 Å². The highest BCUT2D eigenvalue weighted by Crippen LogP contribution is 2.22. The number of amides is 1. The third-order valence-corrected chi connectivity index (χ3v) is 7.57. The fourth-order valence-corrected chi connectivity index (χ4v) is 5.54. The van der Waals surface area contributed by atoms with Gasteiger partial charge in [-0.25, -0.2) is 4.68 Å². The second-order valence-electron chi connectivity index (χ2n) is 10.7. The first kappa shape index (κ1) is 27.3. The van der Waals surface area contributed by atoms with Crippen LogP contribution in [0.1, 0.15) is 36.6 Å². The molecule has 9 nitrogen and oxygen atoms in total. The van der Waals surface area contributed by atoms with E-state index in [9.17, 15) is 14.4 Å². The second kappa shape index (κ2) is 11.9. The number of H-pyrrole nitrogens is 1. The summed E-state index contributed by atoms with van der Waals surface area (Å²) in [6.07, 6.45) is 2.18. The van der Waals surface area contributed by atoms with Crippen molar-refractivity contribution >= 4 is 22.5 Å². The van der Waals surface area contributed by atoms with E-state index in [0.717, 1.165) is 37.1 Å². The van der Waals surface area contributed by atoms with Crippen molar-refractivity contribution < 1.29 is 9.53 Å². The van der Waals surface area contributed by atoms with E-state index in [1.807, 2.05) is 78.9 Å². The third-order valence-electron chi connectivity index (χ3n) is 7.57. The standard InChI is InChI=1S/C33H33N5O4/c1-23(39)34-26-11-7-10-25(18-26)20-37-30(21-36-16-5-6-17-36)32-29(19-31(37)40)35-38(33(32)41)27-12-14-28(15-13-27)42-22-24-8-3-2-4-9-24/h2-4,7-15,18-19,35H,5-6,16-17,20-22H2,1H3,(H,34,39). The fraction of sp³-hybridized carbons (Fsp3) is 0.242. The Balaban J connectivity index is 1.36. The molecule has 1 aliphatic rings. The number of pyridine rings is 1. The van der Waals surface area contributed by atoms with Crippen LogP contribution in [0.15, 0.2) is 94.5 Å². The molecule has 2 aromatic heterocycles. The van der Waals surface area contributed by atoms with Crippen molar-refractivity contribution in [2.45, 2.75) is 39.5 Å². The van der Waals surface area contributed by atoms with Crippen molar-refractivity contribution in [2.75, 3.05) is 18.4 Å². The molecule has 1 aliphatic heterocycles. The van der Waals surface area contributed by atoms with Gasteiger partial charge in [-0.05, 0) is 73.5 Å². The summed E-state index contributed by atoms with van der Waals surface area (Å²) < 4.78 is 9.09. The number of hydrogen-bond acceptors (Lipinski definition) is 5. The molecule has 6 rings (SSSR count). The number of likely N-dealkylation sites (tertiary alicyclic amines) is 1. The van der Waals surface area contributed by atoms with E-state index in [1.165, 1.54) is 17.7 Å². The minimum absolute atomic E-state index is 0.163. The Morgan fingerprint density at radius 1 is 0.881 bits per heavy atom. The number of carbonyl (C=O) groups is 1. The van der Waals surface area contributed by atoms with Crippen LogP contribution in [0.25, 0.3) is 16.6 Å². The van der Waals surface area contributed by atoms with Crippen molar-refractivity contribution in [1.29, 1.82) is 0 Å². The molecule has 5 aromatic rings. The van der Waals surface area contributed by atoms with E-state index in [1.54, 1.807) is 4.57 Å². The van der Waals surface area contributed by atoms with Gasteiger partial charge in [-0.2, -0.15) is 0 Å². The van der Waals surface area contributed by atoms with Gasteiger partial charge >= 0.3 is 0 Å². The largest absolute Gasteiger partial charge is 0.489 e. The predicted molar refractivity (Wildman–Crippen MR) is 163 cm³/mol. The molecule has 0 saturated carbocycles. The van der Waals surface area contributed by atoms with Crippen LogP contribution in [0.2, 0.25) is 0 Å². The van der Waals surface area contributed by atoms with Gasteiger partial charge in [0.25, 0.3) is 11.1 Å². The molecule has 3 aromatic carbocycles. The molecular weight excluding hydrogens is 530 g/mol. The molecule has 1 fully saturated rings. The smallest absolute Gasteiger partial charge is 0.280 e. The molecule has 0 unspecified atom stereocenters.